The summed E-state index contributed by atoms with van der Waals surface area (Å²) in [5, 5.41) is 3.57. The van der Waals surface area contributed by atoms with Gasteiger partial charge in [0.25, 0.3) is 0 Å². The lowest BCUT2D eigenvalue weighted by atomic mass is 9.76. The number of hydrogen-bond acceptors (Lipinski definition) is 4. The molecule has 128 valence electrons. The van der Waals surface area contributed by atoms with E-state index in [9.17, 15) is 8.42 Å². The number of nitrogens with one attached hydrogen (secondary N) is 2. The van der Waals surface area contributed by atoms with Crippen molar-refractivity contribution in [2.24, 2.45) is 5.41 Å². The van der Waals surface area contributed by atoms with Crippen LogP contribution in [0.5, 0.6) is 5.75 Å². The molecule has 2 fully saturated rings. The number of piperidine rings is 1. The van der Waals surface area contributed by atoms with Crippen molar-refractivity contribution in [3.8, 4) is 5.75 Å². The van der Waals surface area contributed by atoms with Gasteiger partial charge < -0.3 is 10.1 Å². The first-order valence-corrected chi connectivity index (χ1v) is 10.0. The molecule has 3 rings (SSSR count). The van der Waals surface area contributed by atoms with Crippen LogP contribution in [0.15, 0.2) is 24.3 Å². The molecule has 2 atom stereocenters. The van der Waals surface area contributed by atoms with Gasteiger partial charge in [0.1, 0.15) is 5.75 Å². The second-order valence-electron chi connectivity index (χ2n) is 6.80. The molecule has 1 saturated heterocycles. The van der Waals surface area contributed by atoms with E-state index in [0.717, 1.165) is 37.8 Å². The van der Waals surface area contributed by atoms with Gasteiger partial charge in [0.05, 0.1) is 12.9 Å². The van der Waals surface area contributed by atoms with Crippen LogP contribution in [0.4, 0.5) is 0 Å². The summed E-state index contributed by atoms with van der Waals surface area (Å²) in [4.78, 5) is 0. The molecule has 1 aromatic carbocycles. The van der Waals surface area contributed by atoms with E-state index in [2.05, 4.69) is 10.0 Å². The van der Waals surface area contributed by atoms with Gasteiger partial charge in [-0.15, -0.1) is 0 Å². The van der Waals surface area contributed by atoms with Crippen LogP contribution in [0.2, 0.25) is 0 Å². The van der Waals surface area contributed by atoms with Gasteiger partial charge in [-0.3, -0.25) is 0 Å². The highest BCUT2D eigenvalue weighted by molar-refractivity contribution is 7.88. The van der Waals surface area contributed by atoms with Crippen molar-refractivity contribution < 1.29 is 13.2 Å². The molecule has 0 bridgehead atoms. The van der Waals surface area contributed by atoms with Crippen molar-refractivity contribution in [2.45, 2.75) is 43.9 Å². The van der Waals surface area contributed by atoms with Gasteiger partial charge in [0, 0.05) is 12.6 Å². The molecule has 1 heterocycles. The SMILES string of the molecule is COc1cccc(CS(=O)(=O)NCC23CCCNC2CCC3)c1. The van der Waals surface area contributed by atoms with Crippen LogP contribution in [-0.4, -0.2) is 34.7 Å². The number of hydrogen-bond donors (Lipinski definition) is 2. The van der Waals surface area contributed by atoms with Gasteiger partial charge in [-0.2, -0.15) is 0 Å². The normalized spacial score (nSPS) is 27.6. The van der Waals surface area contributed by atoms with E-state index in [1.54, 1.807) is 13.2 Å². The van der Waals surface area contributed by atoms with Crippen LogP contribution in [0.25, 0.3) is 0 Å². The smallest absolute Gasteiger partial charge is 0.215 e. The van der Waals surface area contributed by atoms with Crippen molar-refractivity contribution in [1.29, 1.82) is 0 Å². The first kappa shape index (κ1) is 16.7. The maximum atomic E-state index is 12.5. The Morgan fingerprint density at radius 1 is 1.35 bits per heavy atom. The molecule has 2 N–H and O–H groups in total. The maximum absolute atomic E-state index is 12.5. The van der Waals surface area contributed by atoms with Crippen LogP contribution in [0.3, 0.4) is 0 Å². The van der Waals surface area contributed by atoms with Crippen molar-refractivity contribution in [2.75, 3.05) is 20.2 Å². The van der Waals surface area contributed by atoms with Crippen molar-refractivity contribution in [1.82, 2.24) is 10.0 Å². The highest BCUT2D eigenvalue weighted by Gasteiger charge is 2.44. The first-order valence-electron chi connectivity index (χ1n) is 8.37. The standard InChI is InChI=1S/C17H26N2O3S/c1-22-15-6-2-5-14(11-15)12-23(20,21)19-13-17-8-3-7-16(17)18-10-4-9-17/h2,5-6,11,16,18-19H,3-4,7-10,12-13H2,1H3. The molecule has 2 unspecified atom stereocenters. The fourth-order valence-corrected chi connectivity index (χ4v) is 5.29. The zero-order valence-corrected chi connectivity index (χ0v) is 14.5. The van der Waals surface area contributed by atoms with Gasteiger partial charge in [-0.25, -0.2) is 13.1 Å². The number of fused-ring (bicyclic) bond motifs is 1. The predicted octanol–water partition coefficient (Wildman–Crippen LogP) is 2.04. The third-order valence-corrected chi connectivity index (χ3v) is 6.58. The fourth-order valence-electron chi connectivity index (χ4n) is 4.06. The van der Waals surface area contributed by atoms with Gasteiger partial charge in [0.2, 0.25) is 10.0 Å². The maximum Gasteiger partial charge on any atom is 0.215 e. The average molecular weight is 338 g/mol. The molecule has 0 radical (unpaired) electrons. The van der Waals surface area contributed by atoms with Gasteiger partial charge in [0.15, 0.2) is 0 Å². The molecule has 5 nitrogen and oxygen atoms in total. The average Bonchev–Trinajstić information content (AvgIpc) is 2.97. The molecule has 0 amide bonds. The van der Waals surface area contributed by atoms with E-state index in [4.69, 9.17) is 4.74 Å². The second-order valence-corrected chi connectivity index (χ2v) is 8.60. The summed E-state index contributed by atoms with van der Waals surface area (Å²) in [6.07, 6.45) is 5.72. The summed E-state index contributed by atoms with van der Waals surface area (Å²) in [7, 11) is -1.75. The molecule has 6 heteroatoms. The van der Waals surface area contributed by atoms with Crippen LogP contribution >= 0.6 is 0 Å². The van der Waals surface area contributed by atoms with Crippen LogP contribution < -0.4 is 14.8 Å². The topological polar surface area (TPSA) is 67.4 Å². The van der Waals surface area contributed by atoms with Gasteiger partial charge in [-0.05, 0) is 55.3 Å². The Morgan fingerprint density at radius 2 is 2.17 bits per heavy atom. The van der Waals surface area contributed by atoms with E-state index in [1.807, 2.05) is 18.2 Å². The summed E-state index contributed by atoms with van der Waals surface area (Å²) >= 11 is 0. The minimum atomic E-state index is -3.34. The molecule has 1 saturated carbocycles. The van der Waals surface area contributed by atoms with E-state index < -0.39 is 10.0 Å². The first-order chi connectivity index (χ1) is 11.0. The number of sulfonamides is 1. The quantitative estimate of drug-likeness (QED) is 0.833. The minimum Gasteiger partial charge on any atom is -0.497 e. The van der Waals surface area contributed by atoms with Crippen LogP contribution in [0.1, 0.15) is 37.7 Å². The third kappa shape index (κ3) is 3.87. The number of methoxy groups -OCH3 is 1. The van der Waals surface area contributed by atoms with E-state index in [0.29, 0.717) is 18.3 Å². The highest BCUT2D eigenvalue weighted by Crippen LogP contribution is 2.43. The molecule has 0 aromatic heterocycles. The van der Waals surface area contributed by atoms with Gasteiger partial charge >= 0.3 is 0 Å². The summed E-state index contributed by atoms with van der Waals surface area (Å²) in [5.41, 5.74) is 0.860. The monoisotopic (exact) mass is 338 g/mol. The summed E-state index contributed by atoms with van der Waals surface area (Å²) in [5.74, 6) is 0.682. The largest absolute Gasteiger partial charge is 0.497 e. The fraction of sp³-hybridized carbons (Fsp3) is 0.647. The molecular formula is C17H26N2O3S. The lowest BCUT2D eigenvalue weighted by Crippen LogP contribution is -2.52. The number of ether oxygens (including phenoxy) is 1. The Balaban J connectivity index is 1.64. The summed E-state index contributed by atoms with van der Waals surface area (Å²) in [6.45, 7) is 1.61. The summed E-state index contributed by atoms with van der Waals surface area (Å²) < 4.78 is 32.9. The lowest BCUT2D eigenvalue weighted by molar-refractivity contribution is 0.169. The van der Waals surface area contributed by atoms with Crippen molar-refractivity contribution in [3.05, 3.63) is 29.8 Å². The highest BCUT2D eigenvalue weighted by atomic mass is 32.2. The predicted molar refractivity (Wildman–Crippen MR) is 90.9 cm³/mol. The molecule has 1 aliphatic carbocycles. The minimum absolute atomic E-state index is 0.00161. The molecular weight excluding hydrogens is 312 g/mol. The second kappa shape index (κ2) is 6.79. The Morgan fingerprint density at radius 3 is 3.00 bits per heavy atom. The third-order valence-electron chi connectivity index (χ3n) is 5.28. The molecule has 1 aromatic rings. The lowest BCUT2D eigenvalue weighted by Gasteiger charge is -2.40. The molecule has 23 heavy (non-hydrogen) atoms. The summed E-state index contributed by atoms with van der Waals surface area (Å²) in [6, 6.07) is 7.70. The van der Waals surface area contributed by atoms with E-state index in [1.165, 1.54) is 6.42 Å². The van der Waals surface area contributed by atoms with E-state index >= 15 is 0 Å². The molecule has 0 spiro atoms. The van der Waals surface area contributed by atoms with E-state index in [-0.39, 0.29) is 11.2 Å². The Kier molecular flexibility index (Phi) is 4.94. The molecule has 2 aliphatic rings. The Hall–Kier alpha value is -1.11. The number of rotatable bonds is 6. The number of benzene rings is 1. The van der Waals surface area contributed by atoms with Crippen LogP contribution in [0, 0.1) is 5.41 Å². The van der Waals surface area contributed by atoms with Crippen molar-refractivity contribution >= 4 is 10.0 Å². The zero-order chi connectivity index (χ0) is 16.3. The van der Waals surface area contributed by atoms with Gasteiger partial charge in [-0.1, -0.05) is 18.6 Å². The van der Waals surface area contributed by atoms with Crippen molar-refractivity contribution in [3.63, 3.8) is 0 Å². The Labute approximate surface area is 138 Å². The Bertz CT molecular complexity index is 647. The van der Waals surface area contributed by atoms with Crippen LogP contribution in [-0.2, 0) is 15.8 Å². The zero-order valence-electron chi connectivity index (χ0n) is 13.7. The molecule has 1 aliphatic heterocycles.